The minimum Gasteiger partial charge on any atom is -0.395 e. The van der Waals surface area contributed by atoms with Gasteiger partial charge >= 0.3 is 0 Å². The van der Waals surface area contributed by atoms with Gasteiger partial charge in [0.1, 0.15) is 0 Å². The maximum Gasteiger partial charge on any atom is 0.230 e. The number of rotatable bonds is 3. The minimum absolute atomic E-state index is 0.131. The van der Waals surface area contributed by atoms with Crippen LogP contribution < -0.4 is 10.6 Å². The van der Waals surface area contributed by atoms with Gasteiger partial charge < -0.3 is 10.4 Å². The van der Waals surface area contributed by atoms with E-state index in [-0.39, 0.29) is 6.61 Å². The Hall–Kier alpha value is -2.25. The second kappa shape index (κ2) is 6.47. The Morgan fingerprint density at radius 2 is 2.00 bits per heavy atom. The van der Waals surface area contributed by atoms with Crippen molar-refractivity contribution in [3.8, 4) is 0 Å². The molecule has 0 radical (unpaired) electrons. The number of hydrogen-bond acceptors (Lipinski definition) is 7. The first kappa shape index (κ1) is 15.6. The van der Waals surface area contributed by atoms with Gasteiger partial charge in [0.2, 0.25) is 11.9 Å². The number of guanidine groups is 1. The molecule has 1 aromatic carbocycles. The summed E-state index contributed by atoms with van der Waals surface area (Å²) in [5.74, 6) is 1.20. The summed E-state index contributed by atoms with van der Waals surface area (Å²) in [6.45, 7) is 8.09. The number of β-amino-alcohol motifs (C(OH)–C–C–N with tert-alkyl or cyclic N) is 1. The van der Waals surface area contributed by atoms with Crippen LogP contribution in [-0.4, -0.2) is 52.4 Å². The highest BCUT2D eigenvalue weighted by Gasteiger charge is 2.13. The van der Waals surface area contributed by atoms with Gasteiger partial charge in [-0.05, 0) is 44.0 Å². The van der Waals surface area contributed by atoms with Crippen molar-refractivity contribution in [2.45, 2.75) is 20.8 Å². The molecular weight excluding hydrogens is 292 g/mol. The number of nitrogens with one attached hydrogen (secondary N) is 2. The van der Waals surface area contributed by atoms with Crippen molar-refractivity contribution in [1.82, 2.24) is 20.2 Å². The van der Waals surface area contributed by atoms with Crippen LogP contribution in [0.15, 0.2) is 17.1 Å². The maximum absolute atomic E-state index is 8.94. The molecule has 3 rings (SSSR count). The van der Waals surface area contributed by atoms with Crippen molar-refractivity contribution < 1.29 is 5.11 Å². The van der Waals surface area contributed by atoms with E-state index >= 15 is 0 Å². The van der Waals surface area contributed by atoms with Crippen molar-refractivity contribution in [2.75, 3.05) is 31.8 Å². The summed E-state index contributed by atoms with van der Waals surface area (Å²) in [6, 6.07) is 4.22. The lowest BCUT2D eigenvalue weighted by Crippen LogP contribution is -2.46. The zero-order valence-corrected chi connectivity index (χ0v) is 13.7. The van der Waals surface area contributed by atoms with Gasteiger partial charge in [-0.1, -0.05) is 0 Å². The number of aliphatic hydroxyl groups excluding tert-OH is 1. The number of benzene rings is 1. The van der Waals surface area contributed by atoms with Gasteiger partial charge in [0.05, 0.1) is 31.2 Å². The molecule has 7 nitrogen and oxygen atoms in total. The molecule has 0 saturated heterocycles. The molecule has 1 aromatic heterocycles. The summed E-state index contributed by atoms with van der Waals surface area (Å²) in [5, 5.41) is 16.3. The van der Waals surface area contributed by atoms with E-state index < -0.39 is 0 Å². The normalized spacial score (nSPS) is 15.4. The Balaban J connectivity index is 1.83. The van der Waals surface area contributed by atoms with Gasteiger partial charge in [-0.25, -0.2) is 15.0 Å². The maximum atomic E-state index is 8.94. The Morgan fingerprint density at radius 1 is 1.22 bits per heavy atom. The quantitative estimate of drug-likeness (QED) is 0.787. The average Bonchev–Trinajstić information content (AvgIpc) is 2.52. The molecule has 1 aliphatic heterocycles. The summed E-state index contributed by atoms with van der Waals surface area (Å²) in [4.78, 5) is 15.5. The molecule has 0 amide bonds. The number of aromatic nitrogens is 2. The zero-order valence-electron chi connectivity index (χ0n) is 13.7. The first-order valence-electron chi connectivity index (χ1n) is 7.71. The van der Waals surface area contributed by atoms with E-state index in [2.05, 4.69) is 51.6 Å². The molecule has 2 aromatic rings. The lowest BCUT2D eigenvalue weighted by atomic mass is 10.1. The van der Waals surface area contributed by atoms with Crippen LogP contribution >= 0.6 is 0 Å². The third kappa shape index (κ3) is 3.40. The molecule has 1 aliphatic rings. The fourth-order valence-corrected chi connectivity index (χ4v) is 2.54. The predicted molar refractivity (Wildman–Crippen MR) is 91.5 cm³/mol. The molecule has 0 unspecified atom stereocenters. The molecule has 0 fully saturated rings. The lowest BCUT2D eigenvalue weighted by Gasteiger charge is -2.26. The van der Waals surface area contributed by atoms with Gasteiger partial charge in [0.15, 0.2) is 0 Å². The number of aliphatic hydroxyl groups is 1. The summed E-state index contributed by atoms with van der Waals surface area (Å²) in [7, 11) is 0. The largest absolute Gasteiger partial charge is 0.395 e. The topological polar surface area (TPSA) is 85.7 Å². The number of nitrogens with zero attached hydrogens (tertiary/aromatic N) is 4. The summed E-state index contributed by atoms with van der Waals surface area (Å²) >= 11 is 0. The molecule has 0 bridgehead atoms. The van der Waals surface area contributed by atoms with Crippen LogP contribution in [0.2, 0.25) is 0 Å². The molecule has 0 atom stereocenters. The van der Waals surface area contributed by atoms with Gasteiger partial charge in [0, 0.05) is 11.9 Å². The van der Waals surface area contributed by atoms with Crippen molar-refractivity contribution >= 4 is 22.8 Å². The Bertz CT molecular complexity index is 758. The van der Waals surface area contributed by atoms with E-state index in [4.69, 9.17) is 5.11 Å². The van der Waals surface area contributed by atoms with E-state index in [0.29, 0.717) is 31.8 Å². The Labute approximate surface area is 135 Å². The highest BCUT2D eigenvalue weighted by atomic mass is 16.3. The minimum atomic E-state index is 0.131. The summed E-state index contributed by atoms with van der Waals surface area (Å²) < 4.78 is 0. The van der Waals surface area contributed by atoms with Gasteiger partial charge in [-0.15, -0.1) is 0 Å². The van der Waals surface area contributed by atoms with Gasteiger partial charge in [-0.2, -0.15) is 0 Å². The zero-order chi connectivity index (χ0) is 16.4. The van der Waals surface area contributed by atoms with Gasteiger partial charge in [-0.3, -0.25) is 10.2 Å². The van der Waals surface area contributed by atoms with Crippen LogP contribution in [0.4, 0.5) is 5.95 Å². The van der Waals surface area contributed by atoms with Crippen LogP contribution in [0.25, 0.3) is 10.9 Å². The second-order valence-corrected chi connectivity index (χ2v) is 5.81. The van der Waals surface area contributed by atoms with Crippen LogP contribution in [0.5, 0.6) is 0 Å². The molecule has 0 aliphatic carbocycles. The Kier molecular flexibility index (Phi) is 4.40. The first-order chi connectivity index (χ1) is 11.1. The van der Waals surface area contributed by atoms with Crippen LogP contribution in [0.1, 0.15) is 16.8 Å². The van der Waals surface area contributed by atoms with E-state index in [1.54, 1.807) is 0 Å². The SMILES string of the molecule is Cc1cc2nc(NC3=NCN(CCO)CN3)nc(C)c2cc1C. The average molecular weight is 314 g/mol. The number of hydrogen-bond donors (Lipinski definition) is 3. The third-order valence-corrected chi connectivity index (χ3v) is 4.05. The van der Waals surface area contributed by atoms with E-state index in [0.717, 1.165) is 16.6 Å². The lowest BCUT2D eigenvalue weighted by molar-refractivity contribution is 0.191. The van der Waals surface area contributed by atoms with Crippen molar-refractivity contribution in [3.05, 3.63) is 29.0 Å². The monoisotopic (exact) mass is 314 g/mol. The number of anilines is 1. The van der Waals surface area contributed by atoms with Crippen molar-refractivity contribution in [3.63, 3.8) is 0 Å². The predicted octanol–water partition coefficient (Wildman–Crippen LogP) is 1.14. The molecular formula is C16H22N6O. The summed E-state index contributed by atoms with van der Waals surface area (Å²) in [5.41, 5.74) is 4.34. The standard InChI is InChI=1S/C16H22N6O/c1-10-6-13-12(3)19-16(20-14(13)7-11(10)2)21-15-17-8-22(4-5-23)9-18-15/h6-7,23H,4-5,8-9H2,1-3H3,(H2,17,18,19,20,21). The fraction of sp³-hybridized carbons (Fsp3) is 0.438. The molecule has 7 heteroatoms. The van der Waals surface area contributed by atoms with Gasteiger partial charge in [0.25, 0.3) is 0 Å². The van der Waals surface area contributed by atoms with Crippen molar-refractivity contribution in [2.24, 2.45) is 4.99 Å². The molecule has 122 valence electrons. The number of aryl methyl sites for hydroxylation is 3. The van der Waals surface area contributed by atoms with E-state index in [9.17, 15) is 0 Å². The molecule has 2 heterocycles. The fourth-order valence-electron chi connectivity index (χ4n) is 2.54. The highest BCUT2D eigenvalue weighted by Crippen LogP contribution is 2.21. The van der Waals surface area contributed by atoms with Crippen LogP contribution in [0.3, 0.4) is 0 Å². The van der Waals surface area contributed by atoms with E-state index in [1.807, 2.05) is 11.8 Å². The van der Waals surface area contributed by atoms with Crippen LogP contribution in [-0.2, 0) is 0 Å². The number of fused-ring (bicyclic) bond motifs is 1. The first-order valence-corrected chi connectivity index (χ1v) is 7.71. The molecule has 23 heavy (non-hydrogen) atoms. The molecule has 3 N–H and O–H groups in total. The highest BCUT2D eigenvalue weighted by molar-refractivity contribution is 5.93. The van der Waals surface area contributed by atoms with Crippen LogP contribution in [0, 0.1) is 20.8 Å². The second-order valence-electron chi connectivity index (χ2n) is 5.81. The Morgan fingerprint density at radius 3 is 2.70 bits per heavy atom. The number of aliphatic imine (C=N–C) groups is 1. The van der Waals surface area contributed by atoms with Crippen molar-refractivity contribution in [1.29, 1.82) is 0 Å². The molecule has 0 spiro atoms. The van der Waals surface area contributed by atoms with E-state index in [1.165, 1.54) is 11.1 Å². The third-order valence-electron chi connectivity index (χ3n) is 4.05. The summed E-state index contributed by atoms with van der Waals surface area (Å²) in [6.07, 6.45) is 0. The molecule has 0 saturated carbocycles. The smallest absolute Gasteiger partial charge is 0.230 e.